The molecule has 7 heteroatoms. The van der Waals surface area contributed by atoms with E-state index in [1.54, 1.807) is 18.2 Å². The average Bonchev–Trinajstić information content (AvgIpc) is 3.04. The summed E-state index contributed by atoms with van der Waals surface area (Å²) in [5.41, 5.74) is 1.62. The molecule has 124 valence electrons. The Morgan fingerprint density at radius 1 is 1.17 bits per heavy atom. The Morgan fingerprint density at radius 3 is 2.50 bits per heavy atom. The van der Waals surface area contributed by atoms with Crippen molar-refractivity contribution in [1.82, 2.24) is 4.98 Å². The van der Waals surface area contributed by atoms with Gasteiger partial charge in [-0.2, -0.15) is 0 Å². The lowest BCUT2D eigenvalue weighted by Crippen LogP contribution is -2.41. The summed E-state index contributed by atoms with van der Waals surface area (Å²) in [7, 11) is 0. The highest BCUT2D eigenvalue weighted by atomic mass is 35.5. The molecule has 0 aliphatic heterocycles. The zero-order valence-electron chi connectivity index (χ0n) is 12.6. The van der Waals surface area contributed by atoms with Gasteiger partial charge in [0, 0.05) is 27.9 Å². The van der Waals surface area contributed by atoms with Gasteiger partial charge in [-0.15, -0.1) is 11.3 Å². The number of carbonyl (C=O) groups is 2. The number of carbonyl (C=O) groups excluding carboxylic acids is 2. The highest BCUT2D eigenvalue weighted by Crippen LogP contribution is 2.29. The van der Waals surface area contributed by atoms with Crippen molar-refractivity contribution >= 4 is 39.9 Å². The van der Waals surface area contributed by atoms with Crippen LogP contribution in [0.25, 0.3) is 11.3 Å². The molecule has 24 heavy (non-hydrogen) atoms. The monoisotopic (exact) mass is 361 g/mol. The van der Waals surface area contributed by atoms with Gasteiger partial charge in [0.1, 0.15) is 0 Å². The largest absolute Gasteiger partial charge is 0.550 e. The summed E-state index contributed by atoms with van der Waals surface area (Å²) in [6.07, 6.45) is 4.30. The summed E-state index contributed by atoms with van der Waals surface area (Å²) >= 11 is 7.16. The fourth-order valence-electron chi connectivity index (χ4n) is 2.65. The van der Waals surface area contributed by atoms with Crippen LogP contribution in [-0.2, 0) is 9.59 Å². The third-order valence-electron chi connectivity index (χ3n) is 3.95. The number of nitrogens with zero attached hydrogens (tertiary/aromatic N) is 1. The molecule has 0 saturated heterocycles. The van der Waals surface area contributed by atoms with Crippen molar-refractivity contribution in [2.24, 2.45) is 11.8 Å². The molecular formula is C17H14ClN2O3S-. The van der Waals surface area contributed by atoms with Crippen LogP contribution < -0.4 is 10.4 Å². The highest BCUT2D eigenvalue weighted by Gasteiger charge is 2.30. The van der Waals surface area contributed by atoms with E-state index in [-0.39, 0.29) is 5.91 Å². The molecule has 2 atom stereocenters. The Kier molecular flexibility index (Phi) is 4.97. The zero-order valence-corrected chi connectivity index (χ0v) is 14.1. The van der Waals surface area contributed by atoms with Gasteiger partial charge in [0.15, 0.2) is 5.13 Å². The Bertz CT molecular complexity index is 785. The van der Waals surface area contributed by atoms with Crippen LogP contribution in [0.3, 0.4) is 0 Å². The van der Waals surface area contributed by atoms with Crippen LogP contribution in [0, 0.1) is 11.8 Å². The summed E-state index contributed by atoms with van der Waals surface area (Å²) < 4.78 is 0. The molecule has 1 heterocycles. The van der Waals surface area contributed by atoms with Gasteiger partial charge < -0.3 is 15.2 Å². The van der Waals surface area contributed by atoms with Crippen molar-refractivity contribution in [1.29, 1.82) is 0 Å². The molecule has 1 aliphatic carbocycles. The second-order valence-electron chi connectivity index (χ2n) is 5.51. The fourth-order valence-corrected chi connectivity index (χ4v) is 3.50. The summed E-state index contributed by atoms with van der Waals surface area (Å²) in [5.74, 6) is -2.97. The maximum atomic E-state index is 12.4. The number of benzene rings is 1. The van der Waals surface area contributed by atoms with Crippen molar-refractivity contribution in [3.63, 3.8) is 0 Å². The summed E-state index contributed by atoms with van der Waals surface area (Å²) in [6, 6.07) is 7.24. The van der Waals surface area contributed by atoms with E-state index in [1.807, 2.05) is 23.6 Å². The maximum Gasteiger partial charge on any atom is 0.230 e. The van der Waals surface area contributed by atoms with Gasteiger partial charge in [0.2, 0.25) is 5.91 Å². The minimum Gasteiger partial charge on any atom is -0.550 e. The number of allylic oxidation sites excluding steroid dienone is 2. The van der Waals surface area contributed by atoms with E-state index in [0.29, 0.717) is 23.0 Å². The van der Waals surface area contributed by atoms with E-state index in [9.17, 15) is 14.7 Å². The zero-order chi connectivity index (χ0) is 17.1. The molecule has 5 nitrogen and oxygen atoms in total. The summed E-state index contributed by atoms with van der Waals surface area (Å²) in [5, 5.41) is 16.8. The van der Waals surface area contributed by atoms with Crippen LogP contribution in [-0.4, -0.2) is 16.9 Å². The van der Waals surface area contributed by atoms with Gasteiger partial charge in [-0.05, 0) is 25.0 Å². The van der Waals surface area contributed by atoms with Gasteiger partial charge in [0.25, 0.3) is 0 Å². The first-order valence-corrected chi connectivity index (χ1v) is 8.68. The Hall–Kier alpha value is -2.18. The smallest absolute Gasteiger partial charge is 0.230 e. The second-order valence-corrected chi connectivity index (χ2v) is 6.80. The lowest BCUT2D eigenvalue weighted by atomic mass is 9.82. The first-order chi connectivity index (χ1) is 11.5. The first kappa shape index (κ1) is 16.7. The molecule has 1 aromatic heterocycles. The number of hydrogen-bond acceptors (Lipinski definition) is 5. The van der Waals surface area contributed by atoms with E-state index in [4.69, 9.17) is 11.6 Å². The van der Waals surface area contributed by atoms with Crippen molar-refractivity contribution in [3.05, 3.63) is 46.8 Å². The number of halogens is 1. The van der Waals surface area contributed by atoms with E-state index in [1.165, 1.54) is 11.3 Å². The predicted molar refractivity (Wildman–Crippen MR) is 91.6 cm³/mol. The van der Waals surface area contributed by atoms with Gasteiger partial charge in [-0.25, -0.2) is 4.98 Å². The number of anilines is 1. The van der Waals surface area contributed by atoms with Crippen LogP contribution in [0.5, 0.6) is 0 Å². The predicted octanol–water partition coefficient (Wildman–Crippen LogP) is 2.73. The number of carboxylic acids is 1. The first-order valence-electron chi connectivity index (χ1n) is 7.43. The molecule has 0 bridgehead atoms. The molecule has 0 unspecified atom stereocenters. The normalized spacial score (nSPS) is 19.9. The molecule has 1 aliphatic rings. The fraction of sp³-hybridized carbons (Fsp3) is 0.235. The standard InChI is InChI=1S/C17H15ClN2O3S/c18-11-7-5-10(6-8-11)14-9-24-17(19-14)20-15(21)12-3-1-2-4-13(12)16(22)23/h1-2,5-9,12-13H,3-4H2,(H,22,23)(H,19,20,21)/p-1/t12-,13+/m1/s1. The molecule has 1 N–H and O–H groups in total. The van der Waals surface area contributed by atoms with Gasteiger partial charge in [0.05, 0.1) is 11.6 Å². The van der Waals surface area contributed by atoms with Crippen LogP contribution in [0.2, 0.25) is 5.02 Å². The van der Waals surface area contributed by atoms with Crippen molar-refractivity contribution in [2.45, 2.75) is 12.8 Å². The summed E-state index contributed by atoms with van der Waals surface area (Å²) in [6.45, 7) is 0. The van der Waals surface area contributed by atoms with E-state index >= 15 is 0 Å². The molecule has 3 rings (SSSR count). The number of aliphatic carboxylic acids is 1. The topological polar surface area (TPSA) is 82.1 Å². The van der Waals surface area contributed by atoms with Crippen LogP contribution in [0.1, 0.15) is 12.8 Å². The molecule has 0 saturated carbocycles. The van der Waals surface area contributed by atoms with Crippen molar-refractivity contribution in [3.8, 4) is 11.3 Å². The number of rotatable bonds is 4. The number of nitrogens with one attached hydrogen (secondary N) is 1. The Balaban J connectivity index is 1.72. The van der Waals surface area contributed by atoms with Gasteiger partial charge in [-0.1, -0.05) is 35.9 Å². The van der Waals surface area contributed by atoms with Crippen molar-refractivity contribution < 1.29 is 14.7 Å². The SMILES string of the molecule is O=C([O-])[C@H]1CC=CC[C@H]1C(=O)Nc1nc(-c2ccc(Cl)cc2)cs1. The van der Waals surface area contributed by atoms with Crippen LogP contribution >= 0.6 is 22.9 Å². The number of thiazole rings is 1. The molecular weight excluding hydrogens is 348 g/mol. The average molecular weight is 362 g/mol. The molecule has 0 radical (unpaired) electrons. The second kappa shape index (κ2) is 7.15. The van der Waals surface area contributed by atoms with Crippen LogP contribution in [0.4, 0.5) is 5.13 Å². The minimum atomic E-state index is -1.19. The van der Waals surface area contributed by atoms with Crippen molar-refractivity contribution in [2.75, 3.05) is 5.32 Å². The van der Waals surface area contributed by atoms with Gasteiger partial charge in [-0.3, -0.25) is 4.79 Å². The van der Waals surface area contributed by atoms with Gasteiger partial charge >= 0.3 is 0 Å². The molecule has 0 spiro atoms. The summed E-state index contributed by atoms with van der Waals surface area (Å²) in [4.78, 5) is 28.0. The lowest BCUT2D eigenvalue weighted by molar-refractivity contribution is -0.313. The van der Waals surface area contributed by atoms with E-state index < -0.39 is 17.8 Å². The highest BCUT2D eigenvalue weighted by molar-refractivity contribution is 7.14. The third kappa shape index (κ3) is 3.66. The van der Waals surface area contributed by atoms with E-state index in [2.05, 4.69) is 10.3 Å². The Labute approximate surface area is 148 Å². The Morgan fingerprint density at radius 2 is 1.83 bits per heavy atom. The number of carboxylic acid groups (broad SMARTS) is 1. The lowest BCUT2D eigenvalue weighted by Gasteiger charge is -2.27. The number of aromatic nitrogens is 1. The number of amides is 1. The molecule has 0 fully saturated rings. The molecule has 1 aromatic carbocycles. The maximum absolute atomic E-state index is 12.4. The quantitative estimate of drug-likeness (QED) is 0.849. The molecule has 2 aromatic rings. The number of hydrogen-bond donors (Lipinski definition) is 1. The van der Waals surface area contributed by atoms with E-state index in [0.717, 1.165) is 11.3 Å². The minimum absolute atomic E-state index is 0.314. The molecule has 1 amide bonds. The third-order valence-corrected chi connectivity index (χ3v) is 4.96. The van der Waals surface area contributed by atoms with Crippen LogP contribution in [0.15, 0.2) is 41.8 Å².